The summed E-state index contributed by atoms with van der Waals surface area (Å²) in [6.07, 6.45) is 1.69. The molecule has 0 aliphatic rings. The SMILES string of the molecule is Cc1[nH]ccc1C(N)=O. The zero-order valence-corrected chi connectivity index (χ0v) is 5.14. The van der Waals surface area contributed by atoms with Gasteiger partial charge in [-0.25, -0.2) is 0 Å². The van der Waals surface area contributed by atoms with Gasteiger partial charge in [0, 0.05) is 11.9 Å². The normalized spacial score (nSPS) is 9.44. The van der Waals surface area contributed by atoms with Crippen molar-refractivity contribution in [2.24, 2.45) is 5.73 Å². The monoisotopic (exact) mass is 124 g/mol. The Kier molecular flexibility index (Phi) is 1.26. The molecule has 1 rings (SSSR count). The van der Waals surface area contributed by atoms with Crippen LogP contribution in [0, 0.1) is 6.92 Å². The predicted molar refractivity (Wildman–Crippen MR) is 34.0 cm³/mol. The minimum atomic E-state index is -0.381. The van der Waals surface area contributed by atoms with Gasteiger partial charge in [-0.3, -0.25) is 4.79 Å². The van der Waals surface area contributed by atoms with Crippen molar-refractivity contribution in [2.45, 2.75) is 6.92 Å². The van der Waals surface area contributed by atoms with Gasteiger partial charge in [0.05, 0.1) is 5.56 Å². The zero-order valence-electron chi connectivity index (χ0n) is 5.14. The smallest absolute Gasteiger partial charge is 0.250 e. The van der Waals surface area contributed by atoms with Crippen molar-refractivity contribution in [3.8, 4) is 0 Å². The molecule has 0 aromatic carbocycles. The first-order valence-corrected chi connectivity index (χ1v) is 2.65. The second-order valence-corrected chi connectivity index (χ2v) is 1.88. The van der Waals surface area contributed by atoms with Crippen LogP contribution in [0.25, 0.3) is 0 Å². The number of carbonyl (C=O) groups is 1. The third kappa shape index (κ3) is 0.937. The Morgan fingerprint density at radius 1 is 1.78 bits per heavy atom. The third-order valence-electron chi connectivity index (χ3n) is 1.22. The standard InChI is InChI=1S/C6H8N2O/c1-4-5(6(7)9)2-3-8-4/h2-3,8H,1H3,(H2,7,9). The van der Waals surface area contributed by atoms with Gasteiger partial charge in [-0.15, -0.1) is 0 Å². The Morgan fingerprint density at radius 2 is 2.44 bits per heavy atom. The molecule has 0 bridgehead atoms. The second kappa shape index (κ2) is 1.93. The van der Waals surface area contributed by atoms with Crippen LogP contribution in [0.5, 0.6) is 0 Å². The molecule has 0 saturated carbocycles. The molecular weight excluding hydrogens is 116 g/mol. The van der Waals surface area contributed by atoms with Crippen LogP contribution < -0.4 is 5.73 Å². The number of nitrogens with one attached hydrogen (secondary N) is 1. The Hall–Kier alpha value is -1.25. The van der Waals surface area contributed by atoms with E-state index in [0.717, 1.165) is 5.69 Å². The van der Waals surface area contributed by atoms with Crippen LogP contribution >= 0.6 is 0 Å². The van der Waals surface area contributed by atoms with Gasteiger partial charge >= 0.3 is 0 Å². The van der Waals surface area contributed by atoms with Crippen LogP contribution in [-0.2, 0) is 0 Å². The van der Waals surface area contributed by atoms with Crippen molar-refractivity contribution in [3.63, 3.8) is 0 Å². The molecule has 3 N–H and O–H groups in total. The number of rotatable bonds is 1. The Bertz CT molecular complexity index is 227. The molecule has 48 valence electrons. The summed E-state index contributed by atoms with van der Waals surface area (Å²) >= 11 is 0. The van der Waals surface area contributed by atoms with Crippen LogP contribution in [-0.4, -0.2) is 10.9 Å². The lowest BCUT2D eigenvalue weighted by Crippen LogP contribution is -2.10. The largest absolute Gasteiger partial charge is 0.366 e. The number of aromatic nitrogens is 1. The first-order chi connectivity index (χ1) is 4.22. The number of hydrogen-bond acceptors (Lipinski definition) is 1. The van der Waals surface area contributed by atoms with Crippen molar-refractivity contribution >= 4 is 5.91 Å². The highest BCUT2D eigenvalue weighted by Crippen LogP contribution is 2.01. The number of hydrogen-bond donors (Lipinski definition) is 2. The molecular formula is C6H8N2O. The van der Waals surface area contributed by atoms with Gasteiger partial charge in [-0.05, 0) is 13.0 Å². The number of H-pyrrole nitrogens is 1. The first-order valence-electron chi connectivity index (χ1n) is 2.65. The molecule has 1 aromatic rings. The summed E-state index contributed by atoms with van der Waals surface area (Å²) in [4.78, 5) is 13.3. The zero-order chi connectivity index (χ0) is 6.85. The van der Waals surface area contributed by atoms with Gasteiger partial charge in [-0.2, -0.15) is 0 Å². The van der Waals surface area contributed by atoms with Crippen molar-refractivity contribution < 1.29 is 4.79 Å². The van der Waals surface area contributed by atoms with Gasteiger partial charge in [0.25, 0.3) is 5.91 Å². The van der Waals surface area contributed by atoms with E-state index in [9.17, 15) is 4.79 Å². The van der Waals surface area contributed by atoms with E-state index in [4.69, 9.17) is 5.73 Å². The molecule has 1 amide bonds. The lowest BCUT2D eigenvalue weighted by molar-refractivity contribution is 0.1000. The number of aromatic amines is 1. The fraction of sp³-hybridized carbons (Fsp3) is 0.167. The highest BCUT2D eigenvalue weighted by atomic mass is 16.1. The number of aryl methyl sites for hydroxylation is 1. The summed E-state index contributed by atoms with van der Waals surface area (Å²) in [5.41, 5.74) is 6.39. The van der Waals surface area contributed by atoms with Crippen molar-refractivity contribution in [3.05, 3.63) is 23.5 Å². The molecule has 3 nitrogen and oxygen atoms in total. The summed E-state index contributed by atoms with van der Waals surface area (Å²) < 4.78 is 0. The van der Waals surface area contributed by atoms with Gasteiger partial charge in [-0.1, -0.05) is 0 Å². The topological polar surface area (TPSA) is 58.9 Å². The fourth-order valence-electron chi connectivity index (χ4n) is 0.720. The minimum Gasteiger partial charge on any atom is -0.366 e. The van der Waals surface area contributed by atoms with E-state index in [1.807, 2.05) is 0 Å². The first kappa shape index (κ1) is 5.88. The molecule has 9 heavy (non-hydrogen) atoms. The van der Waals surface area contributed by atoms with Crippen LogP contribution in [0.2, 0.25) is 0 Å². The maximum Gasteiger partial charge on any atom is 0.250 e. The van der Waals surface area contributed by atoms with E-state index in [1.54, 1.807) is 19.2 Å². The van der Waals surface area contributed by atoms with Crippen molar-refractivity contribution in [1.82, 2.24) is 4.98 Å². The highest BCUT2D eigenvalue weighted by Gasteiger charge is 2.02. The van der Waals surface area contributed by atoms with E-state index < -0.39 is 0 Å². The van der Waals surface area contributed by atoms with Gasteiger partial charge in [0.2, 0.25) is 0 Å². The van der Waals surface area contributed by atoms with Gasteiger partial charge < -0.3 is 10.7 Å². The number of amides is 1. The van der Waals surface area contributed by atoms with Crippen molar-refractivity contribution in [1.29, 1.82) is 0 Å². The number of carbonyl (C=O) groups excluding carboxylic acids is 1. The number of nitrogens with two attached hydrogens (primary N) is 1. The fourth-order valence-corrected chi connectivity index (χ4v) is 0.720. The maximum atomic E-state index is 10.5. The molecule has 0 fully saturated rings. The van der Waals surface area contributed by atoms with E-state index in [-0.39, 0.29) is 5.91 Å². The van der Waals surface area contributed by atoms with Gasteiger partial charge in [0.1, 0.15) is 0 Å². The molecule has 0 atom stereocenters. The molecule has 0 spiro atoms. The summed E-state index contributed by atoms with van der Waals surface area (Å²) in [7, 11) is 0. The summed E-state index contributed by atoms with van der Waals surface area (Å²) in [6.45, 7) is 1.81. The molecule has 0 saturated heterocycles. The van der Waals surface area contributed by atoms with E-state index >= 15 is 0 Å². The maximum absolute atomic E-state index is 10.5. The molecule has 0 aliphatic heterocycles. The average molecular weight is 124 g/mol. The van der Waals surface area contributed by atoms with Gasteiger partial charge in [0.15, 0.2) is 0 Å². The quantitative estimate of drug-likeness (QED) is 0.560. The minimum absolute atomic E-state index is 0.381. The van der Waals surface area contributed by atoms with E-state index in [0.29, 0.717) is 5.56 Å². The molecule has 0 radical (unpaired) electrons. The molecule has 0 unspecified atom stereocenters. The predicted octanol–water partition coefficient (Wildman–Crippen LogP) is 0.422. The Morgan fingerprint density at radius 3 is 2.67 bits per heavy atom. The van der Waals surface area contributed by atoms with Crippen LogP contribution in [0.15, 0.2) is 12.3 Å². The summed E-state index contributed by atoms with van der Waals surface area (Å²) in [6, 6.07) is 1.66. The molecule has 3 heteroatoms. The summed E-state index contributed by atoms with van der Waals surface area (Å²) in [5, 5.41) is 0. The highest BCUT2D eigenvalue weighted by molar-refractivity contribution is 5.93. The van der Waals surface area contributed by atoms with Crippen molar-refractivity contribution in [2.75, 3.05) is 0 Å². The number of primary amides is 1. The lowest BCUT2D eigenvalue weighted by Gasteiger charge is -1.88. The van der Waals surface area contributed by atoms with Crippen LogP contribution in [0.4, 0.5) is 0 Å². The molecule has 0 aliphatic carbocycles. The summed E-state index contributed by atoms with van der Waals surface area (Å²) in [5.74, 6) is -0.381. The lowest BCUT2D eigenvalue weighted by atomic mass is 10.2. The Balaban J connectivity index is 3.08. The van der Waals surface area contributed by atoms with Crippen LogP contribution in [0.3, 0.4) is 0 Å². The Labute approximate surface area is 52.9 Å². The molecule has 1 heterocycles. The van der Waals surface area contributed by atoms with Crippen LogP contribution in [0.1, 0.15) is 16.1 Å². The third-order valence-corrected chi connectivity index (χ3v) is 1.22. The van der Waals surface area contributed by atoms with E-state index in [1.165, 1.54) is 0 Å². The average Bonchev–Trinajstić information content (AvgIpc) is 2.13. The second-order valence-electron chi connectivity index (χ2n) is 1.88. The molecule has 1 aromatic heterocycles. The van der Waals surface area contributed by atoms with E-state index in [2.05, 4.69) is 4.98 Å².